The summed E-state index contributed by atoms with van der Waals surface area (Å²) >= 11 is 6.14. The number of likely N-dealkylation sites (tertiary alicyclic amines) is 1. The number of carbonyl (C=O) groups excluding carboxylic acids is 1. The number of fused-ring (bicyclic) bond motifs is 3. The number of amides is 1. The third-order valence-corrected chi connectivity index (χ3v) is 6.68. The number of hydrogen-bond donors (Lipinski definition) is 2. The van der Waals surface area contributed by atoms with Crippen molar-refractivity contribution in [1.29, 1.82) is 0 Å². The molecule has 1 amide bonds. The molecule has 9 heteroatoms. The third-order valence-electron chi connectivity index (χ3n) is 6.50. The predicted molar refractivity (Wildman–Crippen MR) is 118 cm³/mol. The van der Waals surface area contributed by atoms with Gasteiger partial charge >= 0.3 is 6.09 Å². The molecule has 0 bridgehead atoms. The Balaban J connectivity index is 1.37. The average molecular weight is 437 g/mol. The Morgan fingerprint density at radius 1 is 1.33 bits per heavy atom. The van der Waals surface area contributed by atoms with Gasteiger partial charge in [0.1, 0.15) is 5.60 Å². The quantitative estimate of drug-likeness (QED) is 0.752. The van der Waals surface area contributed by atoms with Gasteiger partial charge in [-0.1, -0.05) is 18.5 Å². The standard InChI is InChI=1S/C21H33ClN6O2/c1-5-21-11-15(12-28(21)16-10-17(22)25-26-18(16)23-13-21)24-14-6-8-27(9-7-14)19(29)30-20(2,3)4/h10,14-15,24H,5-9,11-13H2,1-4H3,(H,23,26)/t15-,21-/m1/s1. The van der Waals surface area contributed by atoms with Crippen molar-refractivity contribution in [3.8, 4) is 0 Å². The summed E-state index contributed by atoms with van der Waals surface area (Å²) in [4.78, 5) is 16.6. The highest BCUT2D eigenvalue weighted by Crippen LogP contribution is 2.43. The Bertz CT molecular complexity index is 792. The van der Waals surface area contributed by atoms with Gasteiger partial charge in [0.15, 0.2) is 11.0 Å². The first-order valence-corrected chi connectivity index (χ1v) is 11.4. The topological polar surface area (TPSA) is 82.6 Å². The lowest BCUT2D eigenvalue weighted by molar-refractivity contribution is 0.0196. The summed E-state index contributed by atoms with van der Waals surface area (Å²) in [5.41, 5.74) is 0.660. The zero-order valence-corrected chi connectivity index (χ0v) is 19.1. The van der Waals surface area contributed by atoms with E-state index in [1.165, 1.54) is 0 Å². The van der Waals surface area contributed by atoms with E-state index >= 15 is 0 Å². The zero-order valence-electron chi connectivity index (χ0n) is 18.4. The summed E-state index contributed by atoms with van der Waals surface area (Å²) < 4.78 is 5.51. The minimum Gasteiger partial charge on any atom is -0.444 e. The molecule has 0 radical (unpaired) electrons. The molecule has 2 N–H and O–H groups in total. The molecule has 3 aliphatic heterocycles. The normalized spacial score (nSPS) is 26.8. The van der Waals surface area contributed by atoms with Crippen LogP contribution < -0.4 is 15.5 Å². The number of nitrogens with zero attached hydrogens (tertiary/aromatic N) is 4. The number of aromatic nitrogens is 2. The fourth-order valence-electron chi connectivity index (χ4n) is 4.97. The number of halogens is 1. The maximum absolute atomic E-state index is 12.3. The van der Waals surface area contributed by atoms with Crippen LogP contribution in [0.25, 0.3) is 0 Å². The fourth-order valence-corrected chi connectivity index (χ4v) is 5.11. The van der Waals surface area contributed by atoms with Crippen molar-refractivity contribution in [2.24, 2.45) is 0 Å². The molecule has 0 aliphatic carbocycles. The van der Waals surface area contributed by atoms with Crippen LogP contribution in [-0.2, 0) is 4.74 Å². The second-order valence-electron chi connectivity index (χ2n) is 9.75. The van der Waals surface area contributed by atoms with Gasteiger partial charge in [0.05, 0.1) is 11.2 Å². The van der Waals surface area contributed by atoms with E-state index in [1.807, 2.05) is 31.7 Å². The minimum absolute atomic E-state index is 0.0637. The molecule has 0 unspecified atom stereocenters. The zero-order chi connectivity index (χ0) is 21.5. The number of ether oxygens (including phenoxy) is 1. The van der Waals surface area contributed by atoms with E-state index in [0.29, 0.717) is 17.2 Å². The molecule has 0 aromatic carbocycles. The van der Waals surface area contributed by atoms with Crippen LogP contribution in [0.15, 0.2) is 6.07 Å². The smallest absolute Gasteiger partial charge is 0.410 e. The number of carbonyl (C=O) groups is 1. The Labute approximate surface area is 183 Å². The van der Waals surface area contributed by atoms with E-state index in [4.69, 9.17) is 16.3 Å². The highest BCUT2D eigenvalue weighted by Gasteiger charge is 2.48. The van der Waals surface area contributed by atoms with Gasteiger partial charge in [-0.15, -0.1) is 10.2 Å². The van der Waals surface area contributed by atoms with Gasteiger partial charge in [0.25, 0.3) is 0 Å². The number of rotatable bonds is 3. The molecule has 1 aromatic heterocycles. The molecule has 0 saturated carbocycles. The first-order valence-electron chi connectivity index (χ1n) is 11.0. The summed E-state index contributed by atoms with van der Waals surface area (Å²) in [5, 5.41) is 16.0. The van der Waals surface area contributed by atoms with Crippen molar-refractivity contribution < 1.29 is 9.53 Å². The van der Waals surface area contributed by atoms with Crippen molar-refractivity contribution >= 4 is 29.2 Å². The first-order chi connectivity index (χ1) is 14.2. The molecule has 0 spiro atoms. The summed E-state index contributed by atoms with van der Waals surface area (Å²) in [5.74, 6) is 0.815. The van der Waals surface area contributed by atoms with Gasteiger partial charge in [-0.25, -0.2) is 4.79 Å². The average Bonchev–Trinajstić information content (AvgIpc) is 3.06. The first kappa shape index (κ1) is 21.4. The second kappa shape index (κ2) is 8.04. The number of nitrogens with one attached hydrogen (secondary N) is 2. The monoisotopic (exact) mass is 436 g/mol. The van der Waals surface area contributed by atoms with E-state index in [0.717, 1.165) is 63.4 Å². The van der Waals surface area contributed by atoms with Gasteiger partial charge in [0, 0.05) is 44.3 Å². The van der Waals surface area contributed by atoms with Gasteiger partial charge in [0.2, 0.25) is 0 Å². The van der Waals surface area contributed by atoms with Crippen molar-refractivity contribution in [2.45, 2.75) is 76.6 Å². The van der Waals surface area contributed by atoms with Gasteiger partial charge in [-0.05, 0) is 46.5 Å². The molecule has 8 nitrogen and oxygen atoms in total. The maximum Gasteiger partial charge on any atom is 0.410 e. The number of anilines is 2. The maximum atomic E-state index is 12.3. The van der Waals surface area contributed by atoms with Crippen LogP contribution in [0.3, 0.4) is 0 Å². The molecular weight excluding hydrogens is 404 g/mol. The largest absolute Gasteiger partial charge is 0.444 e. The van der Waals surface area contributed by atoms with Gasteiger partial charge in [-0.2, -0.15) is 0 Å². The van der Waals surface area contributed by atoms with Crippen LogP contribution in [0, 0.1) is 0 Å². The van der Waals surface area contributed by atoms with Crippen LogP contribution in [0.4, 0.5) is 16.3 Å². The summed E-state index contributed by atoms with van der Waals surface area (Å²) in [7, 11) is 0. The molecule has 166 valence electrons. The Hall–Kier alpha value is -1.80. The molecule has 2 atom stereocenters. The molecule has 1 aromatic rings. The van der Waals surface area contributed by atoms with E-state index in [2.05, 4.69) is 32.7 Å². The summed E-state index contributed by atoms with van der Waals surface area (Å²) in [6.07, 6.45) is 3.81. The van der Waals surface area contributed by atoms with Crippen molar-refractivity contribution in [3.05, 3.63) is 11.2 Å². The molecule has 4 heterocycles. The minimum atomic E-state index is -0.452. The van der Waals surface area contributed by atoms with Gasteiger partial charge < -0.3 is 25.2 Å². The summed E-state index contributed by atoms with van der Waals surface area (Å²) in [6, 6.07) is 2.72. The lowest BCUT2D eigenvalue weighted by atomic mass is 9.89. The van der Waals surface area contributed by atoms with Crippen LogP contribution >= 0.6 is 11.6 Å². The Morgan fingerprint density at radius 2 is 2.07 bits per heavy atom. The Kier molecular flexibility index (Phi) is 5.74. The Morgan fingerprint density at radius 3 is 2.73 bits per heavy atom. The highest BCUT2D eigenvalue weighted by atomic mass is 35.5. The lowest BCUT2D eigenvalue weighted by Gasteiger charge is -2.43. The molecule has 30 heavy (non-hydrogen) atoms. The SMILES string of the molecule is CC[C@@]12CNc3nnc(Cl)cc3N1C[C@H](NC1CCN(C(=O)OC(C)(C)C)CC1)C2. The fraction of sp³-hybridized carbons (Fsp3) is 0.762. The molecule has 3 aliphatic rings. The third kappa shape index (κ3) is 4.30. The van der Waals surface area contributed by atoms with Crippen LogP contribution in [0.2, 0.25) is 5.15 Å². The molecule has 4 rings (SSSR count). The molecule has 2 saturated heterocycles. The van der Waals surface area contributed by atoms with Crippen molar-refractivity contribution in [2.75, 3.05) is 36.4 Å². The highest BCUT2D eigenvalue weighted by molar-refractivity contribution is 6.29. The van der Waals surface area contributed by atoms with E-state index < -0.39 is 5.60 Å². The molecular formula is C21H33ClN6O2. The van der Waals surface area contributed by atoms with E-state index in [1.54, 1.807) is 0 Å². The number of hydrogen-bond acceptors (Lipinski definition) is 7. The van der Waals surface area contributed by atoms with Crippen molar-refractivity contribution in [3.63, 3.8) is 0 Å². The van der Waals surface area contributed by atoms with Crippen LogP contribution in [0.5, 0.6) is 0 Å². The lowest BCUT2D eigenvalue weighted by Crippen LogP contribution is -2.52. The van der Waals surface area contributed by atoms with E-state index in [-0.39, 0.29) is 11.6 Å². The summed E-state index contributed by atoms with van der Waals surface area (Å²) in [6.45, 7) is 11.2. The number of piperidine rings is 1. The van der Waals surface area contributed by atoms with Gasteiger partial charge in [-0.3, -0.25) is 0 Å². The predicted octanol–water partition coefficient (Wildman–Crippen LogP) is 3.27. The van der Waals surface area contributed by atoms with Crippen LogP contribution in [-0.4, -0.2) is 70.6 Å². The van der Waals surface area contributed by atoms with E-state index in [9.17, 15) is 4.79 Å². The second-order valence-corrected chi connectivity index (χ2v) is 10.1. The van der Waals surface area contributed by atoms with Crippen LogP contribution in [0.1, 0.15) is 53.4 Å². The molecule has 2 fully saturated rings. The van der Waals surface area contributed by atoms with Crippen molar-refractivity contribution in [1.82, 2.24) is 20.4 Å².